The molecule has 0 atom stereocenters. The van der Waals surface area contributed by atoms with Gasteiger partial charge in [0.1, 0.15) is 22.8 Å². The number of benzene rings is 2. The molecule has 2 aromatic rings. The normalized spacial score (nSPS) is 13.6. The number of hydrogen-bond acceptors (Lipinski definition) is 5. The molecule has 2 amide bonds. The topological polar surface area (TPSA) is 68.3 Å². The van der Waals surface area contributed by atoms with Crippen molar-refractivity contribution in [1.29, 1.82) is 0 Å². The molecule has 31 heavy (non-hydrogen) atoms. The van der Waals surface area contributed by atoms with E-state index in [0.29, 0.717) is 62.7 Å². The number of carbonyl (C=O) groups is 2. The monoisotopic (exact) mass is 426 g/mol. The van der Waals surface area contributed by atoms with Gasteiger partial charge in [-0.2, -0.15) is 0 Å². The van der Waals surface area contributed by atoms with E-state index >= 15 is 0 Å². The summed E-state index contributed by atoms with van der Waals surface area (Å²) in [5.41, 5.74) is 1.60. The van der Waals surface area contributed by atoms with Gasteiger partial charge in [0.15, 0.2) is 0 Å². The van der Waals surface area contributed by atoms with E-state index in [-0.39, 0.29) is 11.8 Å². The molecule has 1 aliphatic rings. The van der Waals surface area contributed by atoms with Crippen molar-refractivity contribution in [1.82, 2.24) is 9.80 Å². The Bertz CT molecular complexity index is 867. The predicted octanol–water partition coefficient (Wildman–Crippen LogP) is 3.16. The van der Waals surface area contributed by atoms with Crippen LogP contribution in [0.3, 0.4) is 0 Å². The molecule has 0 unspecified atom stereocenters. The lowest BCUT2D eigenvalue weighted by atomic mass is 10.1. The summed E-state index contributed by atoms with van der Waals surface area (Å²) in [5, 5.41) is 0. The van der Waals surface area contributed by atoms with Crippen LogP contribution in [-0.4, -0.2) is 68.6 Å². The van der Waals surface area contributed by atoms with Crippen LogP contribution in [0.15, 0.2) is 42.5 Å². The second-order valence-corrected chi connectivity index (χ2v) is 7.48. The third kappa shape index (κ3) is 5.69. The van der Waals surface area contributed by atoms with Crippen molar-refractivity contribution in [2.45, 2.75) is 19.8 Å². The van der Waals surface area contributed by atoms with E-state index in [2.05, 4.69) is 0 Å². The van der Waals surface area contributed by atoms with Crippen molar-refractivity contribution >= 4 is 11.8 Å². The number of aryl methyl sites for hydroxylation is 1. The SMILES string of the molecule is COc1cccc(OC)c1C(=O)N1CCN(C(=O)CCCOc2ccc(C)cc2)CC1. The molecule has 166 valence electrons. The Balaban J connectivity index is 1.46. The molecule has 1 aliphatic heterocycles. The summed E-state index contributed by atoms with van der Waals surface area (Å²) in [5.74, 6) is 1.73. The average Bonchev–Trinajstić information content (AvgIpc) is 2.81. The fourth-order valence-electron chi connectivity index (χ4n) is 3.59. The van der Waals surface area contributed by atoms with E-state index in [0.717, 1.165) is 5.75 Å². The molecule has 0 aliphatic carbocycles. The van der Waals surface area contributed by atoms with Gasteiger partial charge < -0.3 is 24.0 Å². The predicted molar refractivity (Wildman–Crippen MR) is 118 cm³/mol. The molecule has 0 radical (unpaired) electrons. The van der Waals surface area contributed by atoms with Gasteiger partial charge in [-0.1, -0.05) is 23.8 Å². The molecule has 7 nitrogen and oxygen atoms in total. The fourth-order valence-corrected chi connectivity index (χ4v) is 3.59. The summed E-state index contributed by atoms with van der Waals surface area (Å²) in [4.78, 5) is 29.1. The van der Waals surface area contributed by atoms with Crippen molar-refractivity contribution in [2.75, 3.05) is 47.0 Å². The maximum absolute atomic E-state index is 13.0. The molecule has 1 fully saturated rings. The Morgan fingerprint density at radius 2 is 1.45 bits per heavy atom. The van der Waals surface area contributed by atoms with Crippen LogP contribution >= 0.6 is 0 Å². The van der Waals surface area contributed by atoms with Crippen molar-refractivity contribution in [2.24, 2.45) is 0 Å². The zero-order valence-corrected chi connectivity index (χ0v) is 18.4. The summed E-state index contributed by atoms with van der Waals surface area (Å²) in [6.07, 6.45) is 1.09. The second kappa shape index (κ2) is 10.7. The lowest BCUT2D eigenvalue weighted by Crippen LogP contribution is -2.50. The first-order chi connectivity index (χ1) is 15.0. The Kier molecular flexibility index (Phi) is 7.76. The second-order valence-electron chi connectivity index (χ2n) is 7.48. The van der Waals surface area contributed by atoms with E-state index < -0.39 is 0 Å². The van der Waals surface area contributed by atoms with E-state index in [4.69, 9.17) is 14.2 Å². The quantitative estimate of drug-likeness (QED) is 0.607. The standard InChI is InChI=1S/C24H30N2O5/c1-18-9-11-19(12-10-18)31-17-5-8-22(27)25-13-15-26(16-14-25)24(28)23-20(29-2)6-4-7-21(23)30-3/h4,6-7,9-12H,5,8,13-17H2,1-3H3. The first-order valence-corrected chi connectivity index (χ1v) is 10.5. The van der Waals surface area contributed by atoms with E-state index in [1.54, 1.807) is 23.1 Å². The highest BCUT2D eigenvalue weighted by atomic mass is 16.5. The molecule has 1 saturated heterocycles. The number of rotatable bonds is 8. The highest BCUT2D eigenvalue weighted by Crippen LogP contribution is 2.30. The Labute approximate surface area is 183 Å². The molecule has 2 aromatic carbocycles. The number of nitrogens with zero attached hydrogens (tertiary/aromatic N) is 2. The maximum atomic E-state index is 13.0. The summed E-state index contributed by atoms with van der Waals surface area (Å²) in [6.45, 7) is 4.52. The van der Waals surface area contributed by atoms with Gasteiger partial charge in [-0.05, 0) is 37.6 Å². The number of carbonyl (C=O) groups excluding carboxylic acids is 2. The van der Waals surface area contributed by atoms with Crippen LogP contribution in [0.1, 0.15) is 28.8 Å². The van der Waals surface area contributed by atoms with Gasteiger partial charge in [-0.3, -0.25) is 9.59 Å². The van der Waals surface area contributed by atoms with E-state index in [9.17, 15) is 9.59 Å². The van der Waals surface area contributed by atoms with Gasteiger partial charge in [0, 0.05) is 32.6 Å². The Morgan fingerprint density at radius 1 is 0.871 bits per heavy atom. The summed E-state index contributed by atoms with van der Waals surface area (Å²) in [7, 11) is 3.06. The van der Waals surface area contributed by atoms with Gasteiger partial charge in [0.25, 0.3) is 5.91 Å². The first-order valence-electron chi connectivity index (χ1n) is 10.5. The maximum Gasteiger partial charge on any atom is 0.261 e. The van der Waals surface area contributed by atoms with Gasteiger partial charge in [0.2, 0.25) is 5.91 Å². The summed E-state index contributed by atoms with van der Waals surface area (Å²) < 4.78 is 16.4. The molecule has 0 aromatic heterocycles. The van der Waals surface area contributed by atoms with Crippen molar-refractivity contribution in [3.63, 3.8) is 0 Å². The third-order valence-electron chi connectivity index (χ3n) is 5.39. The zero-order valence-electron chi connectivity index (χ0n) is 18.4. The molecule has 1 heterocycles. The Morgan fingerprint density at radius 3 is 2.03 bits per heavy atom. The van der Waals surface area contributed by atoms with Gasteiger partial charge in [0.05, 0.1) is 20.8 Å². The molecule has 0 N–H and O–H groups in total. The smallest absolute Gasteiger partial charge is 0.261 e. The van der Waals surface area contributed by atoms with Crippen LogP contribution in [0.2, 0.25) is 0 Å². The molecule has 0 bridgehead atoms. The van der Waals surface area contributed by atoms with Crippen LogP contribution in [0, 0.1) is 6.92 Å². The molecule has 0 saturated carbocycles. The number of amides is 2. The number of hydrogen-bond donors (Lipinski definition) is 0. The largest absolute Gasteiger partial charge is 0.496 e. The first kappa shape index (κ1) is 22.5. The van der Waals surface area contributed by atoms with Crippen molar-refractivity contribution < 1.29 is 23.8 Å². The Hall–Kier alpha value is -3.22. The molecular weight excluding hydrogens is 396 g/mol. The van der Waals surface area contributed by atoms with Crippen LogP contribution in [0.4, 0.5) is 0 Å². The fraction of sp³-hybridized carbons (Fsp3) is 0.417. The number of methoxy groups -OCH3 is 2. The summed E-state index contributed by atoms with van der Waals surface area (Å²) >= 11 is 0. The minimum atomic E-state index is -0.145. The van der Waals surface area contributed by atoms with Gasteiger partial charge in [-0.15, -0.1) is 0 Å². The molecular formula is C24H30N2O5. The highest BCUT2D eigenvalue weighted by molar-refractivity contribution is 5.99. The summed E-state index contributed by atoms with van der Waals surface area (Å²) in [6, 6.07) is 13.1. The van der Waals surface area contributed by atoms with Gasteiger partial charge in [-0.25, -0.2) is 0 Å². The lowest BCUT2D eigenvalue weighted by molar-refractivity contribution is -0.132. The number of ether oxygens (including phenoxy) is 3. The minimum absolute atomic E-state index is 0.0921. The van der Waals surface area contributed by atoms with Crippen molar-refractivity contribution in [3.05, 3.63) is 53.6 Å². The molecule has 0 spiro atoms. The van der Waals surface area contributed by atoms with Crippen LogP contribution in [0.5, 0.6) is 17.2 Å². The molecule has 7 heteroatoms. The third-order valence-corrected chi connectivity index (χ3v) is 5.39. The van der Waals surface area contributed by atoms with Gasteiger partial charge >= 0.3 is 0 Å². The molecule has 3 rings (SSSR count). The zero-order chi connectivity index (χ0) is 22.2. The van der Waals surface area contributed by atoms with Crippen LogP contribution in [-0.2, 0) is 4.79 Å². The van der Waals surface area contributed by atoms with Crippen molar-refractivity contribution in [3.8, 4) is 17.2 Å². The minimum Gasteiger partial charge on any atom is -0.496 e. The van der Waals surface area contributed by atoms with E-state index in [1.807, 2.05) is 36.1 Å². The highest BCUT2D eigenvalue weighted by Gasteiger charge is 2.28. The lowest BCUT2D eigenvalue weighted by Gasteiger charge is -2.35. The number of piperazine rings is 1. The average molecular weight is 427 g/mol. The van der Waals surface area contributed by atoms with Crippen LogP contribution in [0.25, 0.3) is 0 Å². The van der Waals surface area contributed by atoms with Crippen LogP contribution < -0.4 is 14.2 Å². The van der Waals surface area contributed by atoms with E-state index in [1.165, 1.54) is 19.8 Å².